The molecule has 0 aromatic heterocycles. The van der Waals surface area contributed by atoms with Crippen LogP contribution < -0.4 is 9.47 Å². The van der Waals surface area contributed by atoms with E-state index in [0.717, 1.165) is 23.1 Å². The highest BCUT2D eigenvalue weighted by Gasteiger charge is 2.31. The fourth-order valence-electron chi connectivity index (χ4n) is 4.67. The summed E-state index contributed by atoms with van der Waals surface area (Å²) in [7, 11) is 3.19. The Labute approximate surface area is 224 Å². The first-order valence-corrected chi connectivity index (χ1v) is 12.7. The van der Waals surface area contributed by atoms with E-state index in [1.54, 1.807) is 26.4 Å². The SMILES string of the molecule is C=CC(C)(C)[C@H](OC)c1cc(COc2cccc([C@H](CC)CC(=O)O)c2)ccc1-c1cc(OC)ccc1F. The predicted octanol–water partition coefficient (Wildman–Crippen LogP) is 7.95. The second-order valence-electron chi connectivity index (χ2n) is 9.97. The quantitative estimate of drug-likeness (QED) is 0.232. The zero-order valence-corrected chi connectivity index (χ0v) is 22.8. The van der Waals surface area contributed by atoms with Gasteiger partial charge in [0.1, 0.15) is 23.9 Å². The molecule has 0 spiro atoms. The van der Waals surface area contributed by atoms with Crippen LogP contribution in [0.1, 0.15) is 62.3 Å². The summed E-state index contributed by atoms with van der Waals surface area (Å²) in [4.78, 5) is 11.3. The van der Waals surface area contributed by atoms with Gasteiger partial charge in [-0.3, -0.25) is 4.79 Å². The van der Waals surface area contributed by atoms with E-state index in [9.17, 15) is 9.90 Å². The minimum absolute atomic E-state index is 0.0725. The molecule has 0 aliphatic carbocycles. The highest BCUT2D eigenvalue weighted by atomic mass is 19.1. The number of carboxylic acid groups (broad SMARTS) is 1. The first-order chi connectivity index (χ1) is 18.1. The lowest BCUT2D eigenvalue weighted by atomic mass is 9.79. The van der Waals surface area contributed by atoms with Gasteiger partial charge in [-0.25, -0.2) is 4.39 Å². The zero-order chi connectivity index (χ0) is 27.9. The molecular weight excluding hydrogens is 483 g/mol. The summed E-state index contributed by atoms with van der Waals surface area (Å²) in [5, 5.41) is 9.24. The van der Waals surface area contributed by atoms with Crippen molar-refractivity contribution in [1.29, 1.82) is 0 Å². The van der Waals surface area contributed by atoms with E-state index >= 15 is 4.39 Å². The molecule has 3 aromatic rings. The molecule has 202 valence electrons. The lowest BCUT2D eigenvalue weighted by molar-refractivity contribution is -0.137. The van der Waals surface area contributed by atoms with Crippen LogP contribution in [0.2, 0.25) is 0 Å². The Kier molecular flexibility index (Phi) is 9.70. The van der Waals surface area contributed by atoms with Crippen molar-refractivity contribution in [2.75, 3.05) is 14.2 Å². The largest absolute Gasteiger partial charge is 0.497 e. The van der Waals surface area contributed by atoms with Gasteiger partial charge >= 0.3 is 5.97 Å². The molecule has 0 amide bonds. The maximum atomic E-state index is 15.0. The number of carbonyl (C=O) groups is 1. The molecule has 38 heavy (non-hydrogen) atoms. The van der Waals surface area contributed by atoms with Crippen LogP contribution in [0.4, 0.5) is 4.39 Å². The van der Waals surface area contributed by atoms with Crippen LogP contribution in [0.3, 0.4) is 0 Å². The first-order valence-electron chi connectivity index (χ1n) is 12.7. The summed E-state index contributed by atoms with van der Waals surface area (Å²) < 4.78 is 32.4. The van der Waals surface area contributed by atoms with Gasteiger partial charge in [0.05, 0.1) is 19.6 Å². The molecule has 0 aliphatic rings. The average Bonchev–Trinajstić information content (AvgIpc) is 2.91. The predicted molar refractivity (Wildman–Crippen MR) is 148 cm³/mol. The molecule has 0 saturated carbocycles. The van der Waals surface area contributed by atoms with Gasteiger partial charge in [-0.2, -0.15) is 0 Å². The van der Waals surface area contributed by atoms with Crippen molar-refractivity contribution in [2.24, 2.45) is 5.41 Å². The molecule has 0 bridgehead atoms. The Morgan fingerprint density at radius 2 is 1.82 bits per heavy atom. The van der Waals surface area contributed by atoms with E-state index in [0.29, 0.717) is 22.6 Å². The van der Waals surface area contributed by atoms with Gasteiger partial charge in [-0.05, 0) is 71.0 Å². The number of hydrogen-bond acceptors (Lipinski definition) is 4. The molecule has 0 radical (unpaired) electrons. The van der Waals surface area contributed by atoms with E-state index in [1.807, 2.05) is 69.3 Å². The normalized spacial score (nSPS) is 13.0. The molecule has 1 N–H and O–H groups in total. The summed E-state index contributed by atoms with van der Waals surface area (Å²) in [5.41, 5.74) is 3.32. The molecule has 0 heterocycles. The number of hydrogen-bond donors (Lipinski definition) is 1. The molecule has 2 atom stereocenters. The molecule has 0 unspecified atom stereocenters. The van der Waals surface area contributed by atoms with E-state index in [4.69, 9.17) is 14.2 Å². The van der Waals surface area contributed by atoms with E-state index in [1.165, 1.54) is 6.07 Å². The Hall–Kier alpha value is -3.64. The van der Waals surface area contributed by atoms with Crippen LogP contribution in [0.25, 0.3) is 11.1 Å². The van der Waals surface area contributed by atoms with Crippen molar-refractivity contribution in [2.45, 2.75) is 52.2 Å². The third kappa shape index (κ3) is 6.81. The Morgan fingerprint density at radius 3 is 2.45 bits per heavy atom. The molecular formula is C32H37FO5. The third-order valence-electron chi connectivity index (χ3n) is 6.95. The Morgan fingerprint density at radius 1 is 1.05 bits per heavy atom. The van der Waals surface area contributed by atoms with Crippen molar-refractivity contribution in [1.82, 2.24) is 0 Å². The van der Waals surface area contributed by atoms with E-state index in [2.05, 4.69) is 6.58 Å². The molecule has 3 rings (SSSR count). The molecule has 6 heteroatoms. The van der Waals surface area contributed by atoms with Crippen LogP contribution in [0, 0.1) is 11.2 Å². The van der Waals surface area contributed by atoms with Crippen LogP contribution in [-0.2, 0) is 16.1 Å². The van der Waals surface area contributed by atoms with Crippen LogP contribution in [0.5, 0.6) is 11.5 Å². The van der Waals surface area contributed by atoms with Gasteiger partial charge in [0.25, 0.3) is 0 Å². The standard InChI is InChI=1S/C32H37FO5/c1-7-22(18-30(34)35)23-10-9-11-25(17-23)38-20-21-12-14-26(27-19-24(36-5)13-15-29(27)33)28(16-21)31(37-6)32(3,4)8-2/h8-17,19,22,31H,2,7,18,20H2,1,3-6H3,(H,34,35)/t22-,31-/m1/s1. The van der Waals surface area contributed by atoms with Gasteiger partial charge in [0, 0.05) is 18.1 Å². The second-order valence-corrected chi connectivity index (χ2v) is 9.97. The minimum atomic E-state index is -0.821. The molecule has 3 aromatic carbocycles. The fourth-order valence-corrected chi connectivity index (χ4v) is 4.67. The average molecular weight is 521 g/mol. The second kappa shape index (κ2) is 12.7. The lowest BCUT2D eigenvalue weighted by Gasteiger charge is -2.32. The molecule has 0 fully saturated rings. The van der Waals surface area contributed by atoms with E-state index in [-0.39, 0.29) is 24.8 Å². The van der Waals surface area contributed by atoms with Crippen molar-refractivity contribution < 1.29 is 28.5 Å². The molecule has 0 aliphatic heterocycles. The van der Waals surface area contributed by atoms with Gasteiger partial charge in [0.15, 0.2) is 0 Å². The summed E-state index contributed by atoms with van der Waals surface area (Å²) >= 11 is 0. The van der Waals surface area contributed by atoms with Crippen molar-refractivity contribution in [3.63, 3.8) is 0 Å². The minimum Gasteiger partial charge on any atom is -0.497 e. The Bertz CT molecular complexity index is 1270. The topological polar surface area (TPSA) is 65.0 Å². The van der Waals surface area contributed by atoms with Crippen molar-refractivity contribution >= 4 is 5.97 Å². The fraction of sp³-hybridized carbons (Fsp3) is 0.344. The monoisotopic (exact) mass is 520 g/mol. The van der Waals surface area contributed by atoms with E-state index < -0.39 is 17.5 Å². The van der Waals surface area contributed by atoms with Crippen LogP contribution in [-0.4, -0.2) is 25.3 Å². The first kappa shape index (κ1) is 28.9. The number of methoxy groups -OCH3 is 2. The van der Waals surface area contributed by atoms with Crippen LogP contribution in [0.15, 0.2) is 73.3 Å². The smallest absolute Gasteiger partial charge is 0.303 e. The third-order valence-corrected chi connectivity index (χ3v) is 6.95. The maximum Gasteiger partial charge on any atom is 0.303 e. The van der Waals surface area contributed by atoms with Gasteiger partial charge in [0.2, 0.25) is 0 Å². The number of halogens is 1. The van der Waals surface area contributed by atoms with Gasteiger partial charge < -0.3 is 19.3 Å². The lowest BCUT2D eigenvalue weighted by Crippen LogP contribution is -2.22. The van der Waals surface area contributed by atoms with Gasteiger partial charge in [-0.15, -0.1) is 6.58 Å². The summed E-state index contributed by atoms with van der Waals surface area (Å²) in [5.74, 6) is -0.0388. The summed E-state index contributed by atoms with van der Waals surface area (Å²) in [6.07, 6.45) is 2.23. The van der Waals surface area contributed by atoms with Crippen molar-refractivity contribution in [3.05, 3.63) is 95.8 Å². The Balaban J connectivity index is 1.99. The molecule has 0 saturated heterocycles. The number of benzene rings is 3. The van der Waals surface area contributed by atoms with Crippen molar-refractivity contribution in [3.8, 4) is 22.6 Å². The highest BCUT2D eigenvalue weighted by Crippen LogP contribution is 2.43. The summed E-state index contributed by atoms with van der Waals surface area (Å²) in [6, 6.07) is 18.0. The van der Waals surface area contributed by atoms with Gasteiger partial charge in [-0.1, -0.05) is 51.1 Å². The molecule has 5 nitrogen and oxygen atoms in total. The number of aliphatic carboxylic acids is 1. The highest BCUT2D eigenvalue weighted by molar-refractivity contribution is 5.71. The number of ether oxygens (including phenoxy) is 3. The summed E-state index contributed by atoms with van der Waals surface area (Å²) in [6.45, 7) is 10.3. The maximum absolute atomic E-state index is 15.0. The van der Waals surface area contributed by atoms with Crippen LogP contribution >= 0.6 is 0 Å². The zero-order valence-electron chi connectivity index (χ0n) is 22.8. The number of carboxylic acids is 1. The number of rotatable bonds is 13.